The molecule has 1 aromatic carbocycles. The van der Waals surface area contributed by atoms with Gasteiger partial charge in [0, 0.05) is 23.6 Å². The van der Waals surface area contributed by atoms with Gasteiger partial charge in [0.25, 0.3) is 0 Å². The van der Waals surface area contributed by atoms with Crippen LogP contribution in [-0.2, 0) is 37.1 Å². The number of carbonyl (C=O) groups excluding carboxylic acids is 2. The van der Waals surface area contributed by atoms with Crippen LogP contribution in [0.15, 0.2) is 24.3 Å². The minimum absolute atomic E-state index is 0. The van der Waals surface area contributed by atoms with Crippen LogP contribution in [0.5, 0.6) is 0 Å². The maximum absolute atomic E-state index is 13.7. The summed E-state index contributed by atoms with van der Waals surface area (Å²) in [5.41, 5.74) is -2.09. The Labute approximate surface area is 206 Å². The van der Waals surface area contributed by atoms with E-state index in [2.05, 4.69) is 0 Å². The second kappa shape index (κ2) is 9.08. The van der Waals surface area contributed by atoms with E-state index in [1.807, 2.05) is 57.8 Å². The number of methoxy groups -OCH3 is 1. The van der Waals surface area contributed by atoms with E-state index in [-0.39, 0.29) is 22.9 Å². The monoisotopic (exact) mass is 487 g/mol. The van der Waals surface area contributed by atoms with Crippen LogP contribution in [0, 0.1) is 69.1 Å². The average molecular weight is 487 g/mol. The minimum Gasteiger partial charge on any atom is -0.468 e. The SMILES string of the molecule is COC(=O)[C@@]12CCN(C)C13C(=O)c1ccccc1[C@@]3(O)O[C@H]2[C]1[CH][CH][CH][CH]1.[CH]1[CH][CH][CH][CH]1.[Fe+2]. The number of rotatable bonds is 2. The first-order valence-electron chi connectivity index (χ1n) is 10.7. The van der Waals surface area contributed by atoms with E-state index < -0.39 is 28.8 Å². The van der Waals surface area contributed by atoms with E-state index in [0.717, 1.165) is 5.92 Å². The topological polar surface area (TPSA) is 76.1 Å². The Balaban J connectivity index is 0.000000385. The third-order valence-electron chi connectivity index (χ3n) is 7.25. The fraction of sp³-hybridized carbons (Fsp3) is 0.308. The molecule has 1 spiro atoms. The number of nitrogens with zero attached hydrogens (tertiary/aromatic N) is 1. The Morgan fingerprint density at radius 2 is 1.70 bits per heavy atom. The molecule has 170 valence electrons. The number of hydrogen-bond acceptors (Lipinski definition) is 6. The Hall–Kier alpha value is -1.24. The normalized spacial score (nSPS) is 37.1. The first-order chi connectivity index (χ1) is 15.4. The molecule has 0 bridgehead atoms. The van der Waals surface area contributed by atoms with Gasteiger partial charge in [-0.15, -0.1) is 0 Å². The van der Waals surface area contributed by atoms with Crippen molar-refractivity contribution >= 4 is 11.8 Å². The molecule has 2 saturated heterocycles. The smallest absolute Gasteiger partial charge is 0.468 e. The van der Waals surface area contributed by atoms with Crippen molar-refractivity contribution in [3.8, 4) is 0 Å². The number of carbonyl (C=O) groups is 2. The van der Waals surface area contributed by atoms with Crippen molar-refractivity contribution in [2.24, 2.45) is 5.41 Å². The third kappa shape index (κ3) is 3.09. The van der Waals surface area contributed by atoms with Crippen molar-refractivity contribution in [2.45, 2.75) is 23.9 Å². The van der Waals surface area contributed by atoms with Crippen LogP contribution in [0.2, 0.25) is 0 Å². The summed E-state index contributed by atoms with van der Waals surface area (Å²) in [6.45, 7) is 0.470. The number of likely N-dealkylation sites (tertiary alicyclic amines) is 1. The predicted molar refractivity (Wildman–Crippen MR) is 116 cm³/mol. The van der Waals surface area contributed by atoms with Crippen LogP contribution < -0.4 is 0 Å². The van der Waals surface area contributed by atoms with Crippen molar-refractivity contribution in [3.63, 3.8) is 0 Å². The quantitative estimate of drug-likeness (QED) is 0.509. The van der Waals surface area contributed by atoms with Crippen LogP contribution in [-0.4, -0.2) is 54.1 Å². The van der Waals surface area contributed by atoms with Gasteiger partial charge in [-0.25, -0.2) is 0 Å². The van der Waals surface area contributed by atoms with Gasteiger partial charge in [0.2, 0.25) is 5.79 Å². The summed E-state index contributed by atoms with van der Waals surface area (Å²) in [6.07, 6.45) is 17.0. The largest absolute Gasteiger partial charge is 2.00 e. The molecule has 0 amide bonds. The van der Waals surface area contributed by atoms with Crippen LogP contribution >= 0.6 is 0 Å². The molecule has 4 atom stereocenters. The molecule has 3 aliphatic carbocycles. The minimum atomic E-state index is -1.93. The summed E-state index contributed by atoms with van der Waals surface area (Å²) in [4.78, 5) is 28.8. The van der Waals surface area contributed by atoms with Crippen LogP contribution in [0.4, 0.5) is 0 Å². The number of esters is 1. The standard InChI is InChI=1S/C21H20NO5.C5H5.Fe/c1-22-12-11-19(18(24)26-2)17(13-7-3-4-8-13)27-21(25)15-10-6-5-9-14(15)16(23)20(19,21)22;1-2-4-5-3-1;/h3-10,17,25H,11-12H2,1-2H3;1-5H;/q;;+2/t17-,19-,20?,21+;;/m0../s1. The van der Waals surface area contributed by atoms with E-state index in [1.165, 1.54) is 7.11 Å². The maximum atomic E-state index is 13.7. The van der Waals surface area contributed by atoms with Crippen LogP contribution in [0.1, 0.15) is 22.3 Å². The molecule has 4 fully saturated rings. The summed E-state index contributed by atoms with van der Waals surface area (Å²) in [6, 6.07) is 6.89. The molecular formula is C26H25FeNO5+2. The molecule has 2 saturated carbocycles. The second-order valence-corrected chi connectivity index (χ2v) is 8.54. The molecule has 2 heterocycles. The molecule has 1 unspecified atom stereocenters. The van der Waals surface area contributed by atoms with Gasteiger partial charge in [-0.05, 0) is 71.3 Å². The summed E-state index contributed by atoms with van der Waals surface area (Å²) in [5.74, 6) is -2.00. The Morgan fingerprint density at radius 1 is 1.09 bits per heavy atom. The van der Waals surface area contributed by atoms with E-state index >= 15 is 0 Å². The zero-order valence-electron chi connectivity index (χ0n) is 18.4. The van der Waals surface area contributed by atoms with E-state index in [1.54, 1.807) is 36.2 Å². The van der Waals surface area contributed by atoms with Crippen LogP contribution in [0.25, 0.3) is 0 Å². The summed E-state index contributed by atoms with van der Waals surface area (Å²) in [5, 5.41) is 11.9. The predicted octanol–water partition coefficient (Wildman–Crippen LogP) is 2.08. The summed E-state index contributed by atoms with van der Waals surface area (Å²) < 4.78 is 11.5. The molecule has 1 N–H and O–H groups in total. The van der Waals surface area contributed by atoms with E-state index in [9.17, 15) is 14.7 Å². The molecule has 7 heteroatoms. The number of fused-ring (bicyclic) bond motifs is 2. The molecule has 10 radical (unpaired) electrons. The molecule has 6 nitrogen and oxygen atoms in total. The number of ketones is 1. The Bertz CT molecular complexity index is 906. The van der Waals surface area contributed by atoms with Crippen molar-refractivity contribution in [1.82, 2.24) is 4.90 Å². The average Bonchev–Trinajstić information content (AvgIpc) is 3.61. The first-order valence-corrected chi connectivity index (χ1v) is 10.7. The second-order valence-electron chi connectivity index (χ2n) is 8.54. The van der Waals surface area contributed by atoms with Crippen molar-refractivity contribution < 1.29 is 41.2 Å². The van der Waals surface area contributed by atoms with Gasteiger partial charge >= 0.3 is 23.0 Å². The Morgan fingerprint density at radius 3 is 2.30 bits per heavy atom. The Kier molecular flexibility index (Phi) is 6.85. The van der Waals surface area contributed by atoms with Crippen LogP contribution in [0.3, 0.4) is 0 Å². The first kappa shape index (κ1) is 24.9. The van der Waals surface area contributed by atoms with Crippen molar-refractivity contribution in [3.05, 3.63) is 99.1 Å². The zero-order valence-corrected chi connectivity index (χ0v) is 19.5. The van der Waals surface area contributed by atoms with Gasteiger partial charge in [-0.2, -0.15) is 0 Å². The van der Waals surface area contributed by atoms with Crippen molar-refractivity contribution in [1.29, 1.82) is 0 Å². The fourth-order valence-electron chi connectivity index (χ4n) is 6.01. The van der Waals surface area contributed by atoms with E-state index in [0.29, 0.717) is 24.1 Å². The molecule has 0 aromatic heterocycles. The molecule has 33 heavy (non-hydrogen) atoms. The van der Waals surface area contributed by atoms with Gasteiger partial charge < -0.3 is 14.6 Å². The summed E-state index contributed by atoms with van der Waals surface area (Å²) >= 11 is 0. The maximum Gasteiger partial charge on any atom is 2.00 e. The van der Waals surface area contributed by atoms with Gasteiger partial charge in [-0.3, -0.25) is 14.5 Å². The molecule has 5 aliphatic rings. The van der Waals surface area contributed by atoms with Crippen molar-refractivity contribution in [2.75, 3.05) is 20.7 Å². The molecular weight excluding hydrogens is 462 g/mol. The van der Waals surface area contributed by atoms with E-state index in [4.69, 9.17) is 9.47 Å². The fourth-order valence-corrected chi connectivity index (χ4v) is 6.01. The van der Waals surface area contributed by atoms with Gasteiger partial charge in [0.05, 0.1) is 13.2 Å². The number of aliphatic hydroxyl groups is 1. The third-order valence-corrected chi connectivity index (χ3v) is 7.25. The number of hydrogen-bond donors (Lipinski definition) is 1. The number of Topliss-reactive ketones (excluding diaryl/α,β-unsaturated/α-hetero) is 1. The molecule has 1 aromatic rings. The van der Waals surface area contributed by atoms with Gasteiger partial charge in [0.1, 0.15) is 5.41 Å². The molecule has 6 rings (SSSR count). The summed E-state index contributed by atoms with van der Waals surface area (Å²) in [7, 11) is 3.07. The number of ether oxygens (including phenoxy) is 2. The molecule has 2 aliphatic heterocycles. The van der Waals surface area contributed by atoms with Gasteiger partial charge in [0.15, 0.2) is 11.3 Å². The number of benzene rings is 1. The zero-order chi connectivity index (χ0) is 22.6. The number of likely N-dealkylation sites (N-methyl/N-ethyl adjacent to an activating group) is 1. The van der Waals surface area contributed by atoms with Gasteiger partial charge in [-0.1, -0.05) is 24.3 Å².